The average molecular weight is 186 g/mol. The molecule has 1 aliphatic rings. The SMILES string of the molecule is CC1CNCCC1N(C)C.CCC. The van der Waals surface area contributed by atoms with Crippen molar-refractivity contribution in [2.75, 3.05) is 27.2 Å². The Bertz CT molecular complexity index is 113. The summed E-state index contributed by atoms with van der Waals surface area (Å²) in [4.78, 5) is 2.34. The van der Waals surface area contributed by atoms with Crippen molar-refractivity contribution in [1.29, 1.82) is 0 Å². The Balaban J connectivity index is 0.000000424. The topological polar surface area (TPSA) is 15.3 Å². The second-order valence-corrected chi connectivity index (χ2v) is 4.21. The maximum atomic E-state index is 3.39. The van der Waals surface area contributed by atoms with E-state index in [4.69, 9.17) is 0 Å². The van der Waals surface area contributed by atoms with Crippen molar-refractivity contribution in [3.63, 3.8) is 0 Å². The molecule has 0 aromatic heterocycles. The molecule has 0 bridgehead atoms. The van der Waals surface area contributed by atoms with Gasteiger partial charge in [0.2, 0.25) is 0 Å². The van der Waals surface area contributed by atoms with Crippen molar-refractivity contribution in [1.82, 2.24) is 10.2 Å². The fraction of sp³-hybridized carbons (Fsp3) is 1.00. The predicted molar refractivity (Wildman–Crippen MR) is 60.1 cm³/mol. The van der Waals surface area contributed by atoms with Gasteiger partial charge in [0, 0.05) is 6.04 Å². The van der Waals surface area contributed by atoms with Crippen LogP contribution in [0.15, 0.2) is 0 Å². The molecule has 0 aromatic rings. The average Bonchev–Trinajstić information content (AvgIpc) is 2.06. The zero-order valence-corrected chi connectivity index (χ0v) is 9.93. The van der Waals surface area contributed by atoms with Crippen LogP contribution in [-0.4, -0.2) is 38.1 Å². The van der Waals surface area contributed by atoms with Crippen LogP contribution >= 0.6 is 0 Å². The molecule has 1 fully saturated rings. The van der Waals surface area contributed by atoms with Gasteiger partial charge in [-0.25, -0.2) is 0 Å². The minimum atomic E-state index is 0.793. The lowest BCUT2D eigenvalue weighted by atomic mass is 9.95. The summed E-state index contributed by atoms with van der Waals surface area (Å²) in [6, 6.07) is 0.793. The molecule has 1 N–H and O–H groups in total. The molecule has 1 aliphatic heterocycles. The van der Waals surface area contributed by atoms with Crippen molar-refractivity contribution < 1.29 is 0 Å². The summed E-state index contributed by atoms with van der Waals surface area (Å²) in [6.07, 6.45) is 2.55. The van der Waals surface area contributed by atoms with Crippen molar-refractivity contribution >= 4 is 0 Å². The molecule has 0 aromatic carbocycles. The fourth-order valence-corrected chi connectivity index (χ4v) is 1.77. The largest absolute Gasteiger partial charge is 0.316 e. The van der Waals surface area contributed by atoms with E-state index in [2.05, 4.69) is 45.1 Å². The summed E-state index contributed by atoms with van der Waals surface area (Å²) < 4.78 is 0. The summed E-state index contributed by atoms with van der Waals surface area (Å²) in [5, 5.41) is 3.39. The third-order valence-electron chi connectivity index (χ3n) is 2.40. The molecule has 2 nitrogen and oxygen atoms in total. The number of piperidine rings is 1. The van der Waals surface area contributed by atoms with E-state index in [0.717, 1.165) is 12.0 Å². The van der Waals surface area contributed by atoms with Crippen LogP contribution in [0.4, 0.5) is 0 Å². The first-order valence-electron chi connectivity index (χ1n) is 5.50. The number of hydrogen-bond donors (Lipinski definition) is 1. The Morgan fingerprint density at radius 3 is 2.15 bits per heavy atom. The minimum absolute atomic E-state index is 0.793. The smallest absolute Gasteiger partial charge is 0.0139 e. The molecule has 80 valence electrons. The highest BCUT2D eigenvalue weighted by atomic mass is 15.1. The summed E-state index contributed by atoms with van der Waals surface area (Å²) in [6.45, 7) is 8.94. The Kier molecular flexibility index (Phi) is 7.29. The van der Waals surface area contributed by atoms with Gasteiger partial charge in [0.05, 0.1) is 0 Å². The highest BCUT2D eigenvalue weighted by Gasteiger charge is 2.21. The van der Waals surface area contributed by atoms with E-state index in [0.29, 0.717) is 0 Å². The highest BCUT2D eigenvalue weighted by Crippen LogP contribution is 2.14. The first-order valence-corrected chi connectivity index (χ1v) is 5.50. The third-order valence-corrected chi connectivity index (χ3v) is 2.40. The van der Waals surface area contributed by atoms with Gasteiger partial charge in [-0.15, -0.1) is 0 Å². The standard InChI is InChI=1S/C8H18N2.C3H8/c1-7-6-9-5-4-8(7)10(2)3;1-3-2/h7-9H,4-6H2,1-3H3;3H2,1-2H3. The zero-order valence-electron chi connectivity index (χ0n) is 9.93. The molecule has 1 saturated heterocycles. The van der Waals surface area contributed by atoms with Crippen LogP contribution in [0, 0.1) is 5.92 Å². The lowest BCUT2D eigenvalue weighted by Crippen LogP contribution is -2.45. The predicted octanol–water partition coefficient (Wildman–Crippen LogP) is 1.96. The lowest BCUT2D eigenvalue weighted by molar-refractivity contribution is 0.178. The van der Waals surface area contributed by atoms with Crippen LogP contribution < -0.4 is 5.32 Å². The second kappa shape index (κ2) is 7.34. The normalized spacial score (nSPS) is 28.2. The molecule has 0 spiro atoms. The van der Waals surface area contributed by atoms with E-state index in [1.165, 1.54) is 25.9 Å². The molecule has 0 aliphatic carbocycles. The van der Waals surface area contributed by atoms with Crippen LogP contribution in [0.5, 0.6) is 0 Å². The molecule has 2 unspecified atom stereocenters. The van der Waals surface area contributed by atoms with E-state index in [1.807, 2.05) is 0 Å². The maximum Gasteiger partial charge on any atom is 0.0139 e. The molecule has 0 amide bonds. The molecule has 1 heterocycles. The van der Waals surface area contributed by atoms with Gasteiger partial charge in [0.15, 0.2) is 0 Å². The molecule has 0 saturated carbocycles. The van der Waals surface area contributed by atoms with Crippen molar-refractivity contribution in [2.24, 2.45) is 5.92 Å². The summed E-state index contributed by atoms with van der Waals surface area (Å²) >= 11 is 0. The molecule has 2 heteroatoms. The van der Waals surface area contributed by atoms with Gasteiger partial charge in [0.25, 0.3) is 0 Å². The number of nitrogens with zero attached hydrogens (tertiary/aromatic N) is 1. The van der Waals surface area contributed by atoms with Crippen LogP contribution in [0.2, 0.25) is 0 Å². The van der Waals surface area contributed by atoms with Crippen LogP contribution in [0.1, 0.15) is 33.6 Å². The molecular formula is C11H26N2. The summed E-state index contributed by atoms with van der Waals surface area (Å²) in [5.41, 5.74) is 0. The van der Waals surface area contributed by atoms with E-state index in [-0.39, 0.29) is 0 Å². The first-order chi connectivity index (χ1) is 6.13. The fourth-order valence-electron chi connectivity index (χ4n) is 1.77. The summed E-state index contributed by atoms with van der Waals surface area (Å²) in [7, 11) is 4.35. The molecule has 13 heavy (non-hydrogen) atoms. The van der Waals surface area contributed by atoms with Gasteiger partial charge < -0.3 is 10.2 Å². The van der Waals surface area contributed by atoms with Gasteiger partial charge in [-0.1, -0.05) is 27.2 Å². The number of nitrogens with one attached hydrogen (secondary N) is 1. The Morgan fingerprint density at radius 2 is 1.85 bits per heavy atom. The first kappa shape index (κ1) is 12.9. The molecular weight excluding hydrogens is 160 g/mol. The van der Waals surface area contributed by atoms with E-state index >= 15 is 0 Å². The maximum absolute atomic E-state index is 3.39. The van der Waals surface area contributed by atoms with Crippen LogP contribution in [-0.2, 0) is 0 Å². The van der Waals surface area contributed by atoms with Crippen molar-refractivity contribution in [2.45, 2.75) is 39.7 Å². The van der Waals surface area contributed by atoms with Crippen LogP contribution in [0.25, 0.3) is 0 Å². The van der Waals surface area contributed by atoms with Gasteiger partial charge in [0.1, 0.15) is 0 Å². The van der Waals surface area contributed by atoms with Gasteiger partial charge in [-0.05, 0) is 39.5 Å². The van der Waals surface area contributed by atoms with E-state index in [1.54, 1.807) is 0 Å². The van der Waals surface area contributed by atoms with E-state index < -0.39 is 0 Å². The zero-order chi connectivity index (χ0) is 10.3. The van der Waals surface area contributed by atoms with E-state index in [9.17, 15) is 0 Å². The molecule has 1 rings (SSSR count). The van der Waals surface area contributed by atoms with Crippen LogP contribution in [0.3, 0.4) is 0 Å². The number of rotatable bonds is 1. The van der Waals surface area contributed by atoms with Crippen molar-refractivity contribution in [3.05, 3.63) is 0 Å². The second-order valence-electron chi connectivity index (χ2n) is 4.21. The van der Waals surface area contributed by atoms with Gasteiger partial charge >= 0.3 is 0 Å². The van der Waals surface area contributed by atoms with Gasteiger partial charge in [-0.3, -0.25) is 0 Å². The minimum Gasteiger partial charge on any atom is -0.316 e. The Hall–Kier alpha value is -0.0800. The Morgan fingerprint density at radius 1 is 1.31 bits per heavy atom. The number of hydrogen-bond acceptors (Lipinski definition) is 2. The monoisotopic (exact) mass is 186 g/mol. The Labute approximate surface area is 83.7 Å². The molecule has 2 atom stereocenters. The lowest BCUT2D eigenvalue weighted by Gasteiger charge is -2.34. The quantitative estimate of drug-likeness (QED) is 0.673. The van der Waals surface area contributed by atoms with Crippen molar-refractivity contribution in [3.8, 4) is 0 Å². The van der Waals surface area contributed by atoms with Gasteiger partial charge in [-0.2, -0.15) is 0 Å². The highest BCUT2D eigenvalue weighted by molar-refractivity contribution is 4.79. The third kappa shape index (κ3) is 5.27. The summed E-state index contributed by atoms with van der Waals surface area (Å²) in [5.74, 6) is 0.809. The molecule has 0 radical (unpaired) electrons.